The van der Waals surface area contributed by atoms with Crippen LogP contribution in [0.25, 0.3) is 0 Å². The normalized spacial score (nSPS) is 10.9. The minimum atomic E-state index is -5.04. The lowest BCUT2D eigenvalue weighted by Crippen LogP contribution is -2.41. The number of hydrogen-bond donors (Lipinski definition) is 1. The average Bonchev–Trinajstić information content (AvgIpc) is 2.78. The van der Waals surface area contributed by atoms with Crippen LogP contribution in [0.4, 0.5) is 13.2 Å². The van der Waals surface area contributed by atoms with Crippen LogP contribution in [0.2, 0.25) is 0 Å². The van der Waals surface area contributed by atoms with Gasteiger partial charge in [-0.25, -0.2) is 0 Å². The van der Waals surface area contributed by atoms with Crippen molar-refractivity contribution >= 4 is 5.91 Å². The number of alkyl halides is 3. The highest BCUT2D eigenvalue weighted by Crippen LogP contribution is 2.39. The Bertz CT molecular complexity index is 925. The van der Waals surface area contributed by atoms with Crippen LogP contribution in [0.1, 0.15) is 11.1 Å². The smallest absolute Gasteiger partial charge is 0.471 e. The quantitative estimate of drug-likeness (QED) is 0.462. The molecule has 0 aromatic heterocycles. The van der Waals surface area contributed by atoms with Crippen molar-refractivity contribution in [2.45, 2.75) is 19.1 Å². The van der Waals surface area contributed by atoms with Crippen molar-refractivity contribution in [1.82, 2.24) is 4.90 Å². The number of phenolic OH excluding ortho intramolecular Hbond substituents is 1. The minimum Gasteiger partial charge on any atom is -0.508 e. The molecule has 33 heavy (non-hydrogen) atoms. The van der Waals surface area contributed by atoms with E-state index in [0.29, 0.717) is 16.0 Å². The molecular weight excluding hydrogens is 439 g/mol. The first-order valence-corrected chi connectivity index (χ1v) is 10.0. The topological polar surface area (TPSA) is 68.2 Å². The van der Waals surface area contributed by atoms with Gasteiger partial charge < -0.3 is 24.2 Å². The van der Waals surface area contributed by atoms with E-state index in [1.54, 1.807) is 12.1 Å². The Labute approximate surface area is 190 Å². The Morgan fingerprint density at radius 3 is 2.03 bits per heavy atom. The van der Waals surface area contributed by atoms with Gasteiger partial charge in [0.15, 0.2) is 11.5 Å². The Morgan fingerprint density at radius 1 is 1.03 bits per heavy atom. The summed E-state index contributed by atoms with van der Waals surface area (Å²) in [5, 5.41) is 9.38. The molecule has 6 nitrogen and oxygen atoms in total. The largest absolute Gasteiger partial charge is 0.508 e. The number of phenols is 1. The molecule has 9 heteroatoms. The minimum absolute atomic E-state index is 0.0410. The van der Waals surface area contributed by atoms with Gasteiger partial charge in [0.25, 0.3) is 0 Å². The summed E-state index contributed by atoms with van der Waals surface area (Å²) in [5.41, 5.74) is 1.03. The van der Waals surface area contributed by atoms with Gasteiger partial charge in [-0.3, -0.25) is 4.79 Å². The zero-order valence-corrected chi connectivity index (χ0v) is 18.2. The summed E-state index contributed by atoms with van der Waals surface area (Å²) < 4.78 is 56.4. The van der Waals surface area contributed by atoms with Crippen molar-refractivity contribution in [2.24, 2.45) is 0 Å². The van der Waals surface area contributed by atoms with E-state index in [0.717, 1.165) is 0 Å². The number of halogens is 3. The van der Waals surface area contributed by atoms with Crippen LogP contribution < -0.4 is 14.2 Å². The molecule has 0 radical (unpaired) electrons. The van der Waals surface area contributed by atoms with Crippen LogP contribution in [0, 0.1) is 0 Å². The van der Waals surface area contributed by atoms with Gasteiger partial charge >= 0.3 is 12.1 Å². The predicted octanol–water partition coefficient (Wildman–Crippen LogP) is 4.66. The fourth-order valence-electron chi connectivity index (χ4n) is 3.01. The summed E-state index contributed by atoms with van der Waals surface area (Å²) in [4.78, 5) is 12.8. The fraction of sp³-hybridized carbons (Fsp3) is 0.292. The molecule has 2 aromatic carbocycles. The molecule has 0 saturated carbocycles. The number of nitrogens with zero attached hydrogens (tertiary/aromatic N) is 1. The Kier molecular flexibility index (Phi) is 9.20. The molecule has 0 aliphatic heterocycles. The lowest BCUT2D eigenvalue weighted by molar-refractivity contribution is -0.186. The van der Waals surface area contributed by atoms with Crippen LogP contribution in [-0.4, -0.2) is 49.0 Å². The highest BCUT2D eigenvalue weighted by molar-refractivity contribution is 5.82. The molecule has 0 heterocycles. The summed E-state index contributed by atoms with van der Waals surface area (Å²) in [6.45, 7) is 6.89. The number of ether oxygens (including phenoxy) is 3. The fourth-order valence-corrected chi connectivity index (χ4v) is 3.01. The summed E-state index contributed by atoms with van der Waals surface area (Å²) in [5.74, 6) is -1.17. The molecule has 0 atom stereocenters. The number of hydrogen-bond acceptors (Lipinski definition) is 5. The first-order chi connectivity index (χ1) is 15.7. The number of aromatic hydroxyl groups is 1. The zero-order valence-electron chi connectivity index (χ0n) is 18.2. The van der Waals surface area contributed by atoms with Gasteiger partial charge in [-0.2, -0.15) is 13.2 Å². The van der Waals surface area contributed by atoms with Crippen LogP contribution in [-0.2, 0) is 17.8 Å². The third kappa shape index (κ3) is 7.48. The summed E-state index contributed by atoms with van der Waals surface area (Å²) in [6, 6.07) is 9.03. The molecule has 1 amide bonds. The summed E-state index contributed by atoms with van der Waals surface area (Å²) >= 11 is 0. The van der Waals surface area contributed by atoms with Gasteiger partial charge in [0.05, 0.1) is 7.11 Å². The molecule has 2 aromatic rings. The molecule has 0 aliphatic rings. The zero-order chi connectivity index (χ0) is 24.4. The van der Waals surface area contributed by atoms with Crippen molar-refractivity contribution in [3.63, 3.8) is 0 Å². The number of carbonyl (C=O) groups is 1. The second kappa shape index (κ2) is 11.8. The van der Waals surface area contributed by atoms with E-state index in [9.17, 15) is 23.1 Å². The van der Waals surface area contributed by atoms with E-state index in [1.807, 2.05) is 0 Å². The van der Waals surface area contributed by atoms with Crippen molar-refractivity contribution in [3.05, 3.63) is 72.8 Å². The maximum atomic E-state index is 13.3. The lowest BCUT2D eigenvalue weighted by Gasteiger charge is -2.25. The van der Waals surface area contributed by atoms with E-state index in [2.05, 4.69) is 13.2 Å². The van der Waals surface area contributed by atoms with Gasteiger partial charge in [-0.15, -0.1) is 0 Å². The van der Waals surface area contributed by atoms with Crippen LogP contribution in [0.15, 0.2) is 61.7 Å². The molecule has 0 fully saturated rings. The van der Waals surface area contributed by atoms with Gasteiger partial charge in [-0.05, 0) is 41.8 Å². The standard InChI is InChI=1S/C24H26F3NO5/c1-4-12-32-20-14-18(15-21(22(20)31-3)33-13-5-2)16-28(23(30)24(25,26)27)11-10-17-6-8-19(29)9-7-17/h4-9,14-15,29H,1-2,10-13,16H2,3H3. The van der Waals surface area contributed by atoms with Crippen molar-refractivity contribution in [2.75, 3.05) is 26.9 Å². The molecule has 1 N–H and O–H groups in total. The average molecular weight is 465 g/mol. The van der Waals surface area contributed by atoms with Crippen LogP contribution >= 0.6 is 0 Å². The monoisotopic (exact) mass is 465 g/mol. The van der Waals surface area contributed by atoms with Gasteiger partial charge in [0, 0.05) is 13.1 Å². The van der Waals surface area contributed by atoms with Crippen molar-refractivity contribution in [1.29, 1.82) is 0 Å². The second-order valence-corrected chi connectivity index (χ2v) is 6.97. The first-order valence-electron chi connectivity index (χ1n) is 10.0. The number of methoxy groups -OCH3 is 1. The van der Waals surface area contributed by atoms with Gasteiger partial charge in [-0.1, -0.05) is 37.4 Å². The van der Waals surface area contributed by atoms with E-state index in [-0.39, 0.29) is 55.7 Å². The third-order valence-electron chi connectivity index (χ3n) is 4.51. The molecule has 0 saturated heterocycles. The van der Waals surface area contributed by atoms with E-state index < -0.39 is 12.1 Å². The van der Waals surface area contributed by atoms with E-state index in [4.69, 9.17) is 14.2 Å². The molecule has 0 spiro atoms. The highest BCUT2D eigenvalue weighted by atomic mass is 19.4. The predicted molar refractivity (Wildman–Crippen MR) is 118 cm³/mol. The Morgan fingerprint density at radius 2 is 1.58 bits per heavy atom. The Hall–Kier alpha value is -3.62. The number of benzene rings is 2. The third-order valence-corrected chi connectivity index (χ3v) is 4.51. The number of amides is 1. The summed E-state index contributed by atoms with van der Waals surface area (Å²) in [6.07, 6.45) is -1.86. The molecule has 0 bridgehead atoms. The van der Waals surface area contributed by atoms with E-state index in [1.165, 1.54) is 43.5 Å². The molecule has 0 aliphatic carbocycles. The molecule has 2 rings (SSSR count). The molecular formula is C24H26F3NO5. The second-order valence-electron chi connectivity index (χ2n) is 6.97. The molecule has 0 unspecified atom stereocenters. The SMILES string of the molecule is C=CCOc1cc(CN(CCc2ccc(O)cc2)C(=O)C(F)(F)F)cc(OCC=C)c1OC. The number of rotatable bonds is 12. The van der Waals surface area contributed by atoms with E-state index >= 15 is 0 Å². The van der Waals surface area contributed by atoms with Crippen molar-refractivity contribution < 1.29 is 37.3 Å². The maximum Gasteiger partial charge on any atom is 0.471 e. The summed E-state index contributed by atoms with van der Waals surface area (Å²) in [7, 11) is 1.41. The first kappa shape index (κ1) is 25.6. The van der Waals surface area contributed by atoms with Gasteiger partial charge in [0.1, 0.15) is 19.0 Å². The lowest BCUT2D eigenvalue weighted by atomic mass is 10.1. The number of carbonyl (C=O) groups excluding carboxylic acids is 1. The van der Waals surface area contributed by atoms with Crippen LogP contribution in [0.5, 0.6) is 23.0 Å². The highest BCUT2D eigenvalue weighted by Gasteiger charge is 2.42. The van der Waals surface area contributed by atoms with Crippen LogP contribution in [0.3, 0.4) is 0 Å². The Balaban J connectivity index is 2.36. The maximum absolute atomic E-state index is 13.3. The van der Waals surface area contributed by atoms with Crippen molar-refractivity contribution in [3.8, 4) is 23.0 Å². The van der Waals surface area contributed by atoms with Gasteiger partial charge in [0.2, 0.25) is 5.75 Å². The molecule has 178 valence electrons.